The molecule has 112 valence electrons. The Morgan fingerprint density at radius 1 is 0.682 bits per heavy atom. The number of rotatable bonds is 7. The first kappa shape index (κ1) is 14.4. The van der Waals surface area contributed by atoms with E-state index in [0.29, 0.717) is 25.6 Å². The molecule has 0 amide bonds. The second kappa shape index (κ2) is 7.48. The topological polar surface area (TPSA) is 31.6 Å². The van der Waals surface area contributed by atoms with Gasteiger partial charge in [0.25, 0.3) is 0 Å². The molecule has 0 aliphatic rings. The van der Waals surface area contributed by atoms with Crippen LogP contribution < -0.4 is 4.74 Å². The lowest BCUT2D eigenvalue weighted by Gasteiger charge is -2.07. The van der Waals surface area contributed by atoms with Crippen molar-refractivity contribution in [2.24, 2.45) is 0 Å². The minimum Gasteiger partial charge on any atom is -0.485 e. The summed E-state index contributed by atoms with van der Waals surface area (Å²) in [5, 5.41) is 0. The van der Waals surface area contributed by atoms with Crippen molar-refractivity contribution >= 4 is 0 Å². The maximum Gasteiger partial charge on any atom is 0.171 e. The zero-order valence-corrected chi connectivity index (χ0v) is 12.3. The highest BCUT2D eigenvalue weighted by Crippen LogP contribution is 2.22. The van der Waals surface area contributed by atoms with Crippen molar-refractivity contribution in [2.75, 3.05) is 0 Å². The molecule has 3 rings (SSSR count). The van der Waals surface area contributed by atoms with Crippen LogP contribution in [0.3, 0.4) is 0 Å². The van der Waals surface area contributed by atoms with E-state index in [9.17, 15) is 0 Å². The van der Waals surface area contributed by atoms with Crippen LogP contribution in [0.5, 0.6) is 5.75 Å². The summed E-state index contributed by atoms with van der Waals surface area (Å²) in [5.74, 6) is 1.45. The quantitative estimate of drug-likeness (QED) is 0.639. The normalized spacial score (nSPS) is 10.5. The summed E-state index contributed by atoms with van der Waals surface area (Å²) in [7, 11) is 0. The maximum absolute atomic E-state index is 5.79. The fourth-order valence-corrected chi connectivity index (χ4v) is 2.13. The molecule has 3 aromatic rings. The lowest BCUT2D eigenvalue weighted by molar-refractivity contribution is 0.0896. The monoisotopic (exact) mass is 294 g/mol. The van der Waals surface area contributed by atoms with Crippen LogP contribution in [0.15, 0.2) is 77.4 Å². The molecular weight excluding hydrogens is 276 g/mol. The summed E-state index contributed by atoms with van der Waals surface area (Å²) < 4.78 is 16.9. The van der Waals surface area contributed by atoms with Crippen LogP contribution in [-0.2, 0) is 24.6 Å². The summed E-state index contributed by atoms with van der Waals surface area (Å²) in [6, 6.07) is 21.9. The Morgan fingerprint density at radius 3 is 2.00 bits per heavy atom. The largest absolute Gasteiger partial charge is 0.485 e. The summed E-state index contributed by atoms with van der Waals surface area (Å²) in [6.45, 7) is 1.47. The molecule has 0 saturated carbocycles. The first-order chi connectivity index (χ1) is 10.9. The van der Waals surface area contributed by atoms with E-state index >= 15 is 0 Å². The van der Waals surface area contributed by atoms with Crippen molar-refractivity contribution in [1.29, 1.82) is 0 Å². The van der Waals surface area contributed by atoms with Crippen LogP contribution in [0.25, 0.3) is 0 Å². The number of hydrogen-bond acceptors (Lipinski definition) is 3. The molecule has 0 aliphatic carbocycles. The highest BCUT2D eigenvalue weighted by Gasteiger charge is 2.08. The Morgan fingerprint density at radius 2 is 1.32 bits per heavy atom. The Kier molecular flexibility index (Phi) is 4.90. The van der Waals surface area contributed by atoms with Crippen LogP contribution in [0.2, 0.25) is 0 Å². The van der Waals surface area contributed by atoms with E-state index in [4.69, 9.17) is 13.9 Å². The lowest BCUT2D eigenvalue weighted by Crippen LogP contribution is -1.98. The second-order valence-corrected chi connectivity index (χ2v) is 4.96. The number of benzene rings is 2. The van der Waals surface area contributed by atoms with Gasteiger partial charge in [-0.25, -0.2) is 0 Å². The van der Waals surface area contributed by atoms with Crippen molar-refractivity contribution in [3.05, 3.63) is 89.9 Å². The Balaban J connectivity index is 1.51. The van der Waals surface area contributed by atoms with Gasteiger partial charge < -0.3 is 13.9 Å². The molecule has 0 fully saturated rings. The fourth-order valence-electron chi connectivity index (χ4n) is 2.13. The molecule has 1 aromatic heterocycles. The molecule has 0 unspecified atom stereocenters. The second-order valence-electron chi connectivity index (χ2n) is 4.96. The van der Waals surface area contributed by atoms with Crippen molar-refractivity contribution in [2.45, 2.75) is 19.8 Å². The van der Waals surface area contributed by atoms with Gasteiger partial charge in [-0.1, -0.05) is 60.7 Å². The van der Waals surface area contributed by atoms with Gasteiger partial charge >= 0.3 is 0 Å². The number of ether oxygens (including phenoxy) is 2. The molecule has 0 radical (unpaired) electrons. The Labute approximate surface area is 130 Å². The van der Waals surface area contributed by atoms with E-state index in [0.717, 1.165) is 16.9 Å². The van der Waals surface area contributed by atoms with Gasteiger partial charge in [-0.05, 0) is 11.1 Å². The van der Waals surface area contributed by atoms with Gasteiger partial charge in [0.15, 0.2) is 11.5 Å². The van der Waals surface area contributed by atoms with Crippen molar-refractivity contribution in [1.82, 2.24) is 0 Å². The van der Waals surface area contributed by atoms with Gasteiger partial charge in [0.2, 0.25) is 0 Å². The van der Waals surface area contributed by atoms with Crippen LogP contribution >= 0.6 is 0 Å². The third kappa shape index (κ3) is 3.99. The molecule has 22 heavy (non-hydrogen) atoms. The van der Waals surface area contributed by atoms with Crippen molar-refractivity contribution in [3.63, 3.8) is 0 Å². The summed E-state index contributed by atoms with van der Waals surface area (Å²) in [6.07, 6.45) is 1.63. The van der Waals surface area contributed by atoms with Crippen LogP contribution in [0.1, 0.15) is 16.9 Å². The van der Waals surface area contributed by atoms with Crippen molar-refractivity contribution < 1.29 is 13.9 Å². The molecule has 0 atom stereocenters. The molecule has 0 spiro atoms. The van der Waals surface area contributed by atoms with E-state index in [2.05, 4.69) is 0 Å². The molecular formula is C19H18O3. The highest BCUT2D eigenvalue weighted by atomic mass is 16.5. The Hall–Kier alpha value is -2.52. The summed E-state index contributed by atoms with van der Waals surface area (Å²) >= 11 is 0. The third-order valence-electron chi connectivity index (χ3n) is 3.29. The molecule has 3 heteroatoms. The average Bonchev–Trinajstić information content (AvgIpc) is 3.02. The standard InChI is InChI=1S/C19H18O3/c1-3-7-16(8-4-1)13-20-15-19-18(11-12-21-19)22-14-17-9-5-2-6-10-17/h1-12H,13-15H2. The molecule has 0 aliphatic heterocycles. The number of hydrogen-bond donors (Lipinski definition) is 0. The fraction of sp³-hybridized carbons (Fsp3) is 0.158. The van der Waals surface area contributed by atoms with E-state index in [1.165, 1.54) is 0 Å². The summed E-state index contributed by atoms with van der Waals surface area (Å²) in [5.41, 5.74) is 2.26. The zero-order valence-electron chi connectivity index (χ0n) is 12.3. The van der Waals surface area contributed by atoms with E-state index < -0.39 is 0 Å². The van der Waals surface area contributed by atoms with Crippen LogP contribution in [0.4, 0.5) is 0 Å². The summed E-state index contributed by atoms with van der Waals surface area (Å²) in [4.78, 5) is 0. The van der Waals surface area contributed by atoms with E-state index in [1.807, 2.05) is 66.7 Å². The van der Waals surface area contributed by atoms with Gasteiger partial charge in [0.05, 0.1) is 12.9 Å². The van der Waals surface area contributed by atoms with Gasteiger partial charge in [-0.15, -0.1) is 0 Å². The van der Waals surface area contributed by atoms with E-state index in [1.54, 1.807) is 6.26 Å². The molecule has 3 nitrogen and oxygen atoms in total. The van der Waals surface area contributed by atoms with Crippen LogP contribution in [0, 0.1) is 0 Å². The third-order valence-corrected chi connectivity index (χ3v) is 3.29. The number of furan rings is 1. The average molecular weight is 294 g/mol. The van der Waals surface area contributed by atoms with Gasteiger partial charge in [-0.3, -0.25) is 0 Å². The molecule has 0 bridgehead atoms. The zero-order chi connectivity index (χ0) is 15.0. The highest BCUT2D eigenvalue weighted by molar-refractivity contribution is 5.25. The van der Waals surface area contributed by atoms with Gasteiger partial charge in [0, 0.05) is 6.07 Å². The molecule has 0 saturated heterocycles. The predicted octanol–water partition coefficient (Wildman–Crippen LogP) is 4.58. The predicted molar refractivity (Wildman–Crippen MR) is 84.4 cm³/mol. The smallest absolute Gasteiger partial charge is 0.171 e. The van der Waals surface area contributed by atoms with E-state index in [-0.39, 0.29) is 0 Å². The SMILES string of the molecule is c1ccc(COCc2occc2OCc2ccccc2)cc1. The maximum atomic E-state index is 5.79. The minimum absolute atomic E-state index is 0.395. The first-order valence-corrected chi connectivity index (χ1v) is 7.26. The van der Waals surface area contributed by atoms with Crippen molar-refractivity contribution in [3.8, 4) is 5.75 Å². The van der Waals surface area contributed by atoms with Crippen LogP contribution in [-0.4, -0.2) is 0 Å². The lowest BCUT2D eigenvalue weighted by atomic mass is 10.2. The Bertz CT molecular complexity index is 674. The molecule has 2 aromatic carbocycles. The molecule has 1 heterocycles. The molecule has 0 N–H and O–H groups in total. The minimum atomic E-state index is 0.395. The van der Waals surface area contributed by atoms with Gasteiger partial charge in [0.1, 0.15) is 13.2 Å². The van der Waals surface area contributed by atoms with Gasteiger partial charge in [-0.2, -0.15) is 0 Å². The first-order valence-electron chi connectivity index (χ1n) is 7.26.